The summed E-state index contributed by atoms with van der Waals surface area (Å²) in [4.78, 5) is 0. The van der Waals surface area contributed by atoms with Crippen molar-refractivity contribution in [1.82, 2.24) is 5.84 Å². The molecule has 1 aromatic rings. The molecule has 0 unspecified atom stereocenters. The van der Waals surface area contributed by atoms with Gasteiger partial charge in [-0.15, -0.1) is 0 Å². The van der Waals surface area contributed by atoms with Crippen LogP contribution < -0.4 is 10.6 Å². The van der Waals surface area contributed by atoms with Gasteiger partial charge in [-0.25, -0.2) is 5.84 Å². The summed E-state index contributed by atoms with van der Waals surface area (Å²) in [5.41, 5.74) is 0.359. The van der Waals surface area contributed by atoms with E-state index in [2.05, 4.69) is 9.84 Å². The van der Waals surface area contributed by atoms with Gasteiger partial charge in [-0.2, -0.15) is 13.9 Å². The molecular formula is C8H7F2N2O. The van der Waals surface area contributed by atoms with E-state index < -0.39 is 6.61 Å². The Morgan fingerprint density at radius 3 is 2.69 bits per heavy atom. The summed E-state index contributed by atoms with van der Waals surface area (Å²) in [6, 6.07) is 6.15. The molecule has 0 heterocycles. The van der Waals surface area contributed by atoms with Crippen molar-refractivity contribution in [2.24, 2.45) is 5.10 Å². The van der Waals surface area contributed by atoms with Gasteiger partial charge in [0, 0.05) is 5.56 Å². The molecule has 0 bridgehead atoms. The molecule has 1 aromatic carbocycles. The fourth-order valence-corrected chi connectivity index (χ4v) is 0.860. The van der Waals surface area contributed by atoms with Crippen LogP contribution in [0.15, 0.2) is 29.4 Å². The number of alkyl halides is 2. The van der Waals surface area contributed by atoms with Crippen LogP contribution in [0.4, 0.5) is 8.78 Å². The third kappa shape index (κ3) is 2.70. The van der Waals surface area contributed by atoms with E-state index in [9.17, 15) is 8.78 Å². The Balaban J connectivity index is 2.90. The monoisotopic (exact) mass is 185 g/mol. The average Bonchev–Trinajstić information content (AvgIpc) is 2.08. The quantitative estimate of drug-likeness (QED) is 0.524. The van der Waals surface area contributed by atoms with E-state index in [1.165, 1.54) is 12.1 Å². The summed E-state index contributed by atoms with van der Waals surface area (Å²) in [6.07, 6.45) is 1.14. The molecule has 69 valence electrons. The van der Waals surface area contributed by atoms with Crippen LogP contribution in [0.3, 0.4) is 0 Å². The van der Waals surface area contributed by atoms with Crippen molar-refractivity contribution in [2.45, 2.75) is 6.61 Å². The van der Waals surface area contributed by atoms with Gasteiger partial charge in [-0.05, 0) is 12.1 Å². The molecule has 5 heteroatoms. The molecule has 0 spiro atoms. The summed E-state index contributed by atoms with van der Waals surface area (Å²) in [6.45, 7) is -2.86. The van der Waals surface area contributed by atoms with E-state index in [0.717, 1.165) is 6.21 Å². The summed E-state index contributed by atoms with van der Waals surface area (Å²) in [5, 5.41) is 2.97. The minimum absolute atomic E-state index is 0.0218. The van der Waals surface area contributed by atoms with Crippen molar-refractivity contribution < 1.29 is 13.5 Å². The number of hydrogen-bond donors (Lipinski definition) is 0. The van der Waals surface area contributed by atoms with E-state index >= 15 is 0 Å². The summed E-state index contributed by atoms with van der Waals surface area (Å²) in [5.74, 6) is 6.57. The molecule has 0 aromatic heterocycles. The van der Waals surface area contributed by atoms with E-state index in [-0.39, 0.29) is 5.75 Å². The van der Waals surface area contributed by atoms with Crippen molar-refractivity contribution in [3.05, 3.63) is 29.8 Å². The molecule has 0 aliphatic rings. The lowest BCUT2D eigenvalue weighted by atomic mass is 10.2. The molecular weight excluding hydrogens is 178 g/mol. The highest BCUT2D eigenvalue weighted by molar-refractivity contribution is 5.83. The Bertz CT molecular complexity index is 302. The number of halogens is 2. The topological polar surface area (TPSA) is 45.4 Å². The number of nitrogens with one attached hydrogen (secondary N) is 1. The molecule has 0 saturated carbocycles. The summed E-state index contributed by atoms with van der Waals surface area (Å²) in [7, 11) is 0. The van der Waals surface area contributed by atoms with E-state index in [1.807, 2.05) is 0 Å². The minimum atomic E-state index is -2.86. The van der Waals surface area contributed by atoms with Gasteiger partial charge in [0.15, 0.2) is 0 Å². The summed E-state index contributed by atoms with van der Waals surface area (Å²) >= 11 is 0. The first kappa shape index (κ1) is 9.44. The van der Waals surface area contributed by atoms with E-state index in [0.29, 0.717) is 5.56 Å². The number of hydrogen-bond acceptors (Lipinski definition) is 2. The van der Waals surface area contributed by atoms with Crippen LogP contribution in [0, 0.1) is 0 Å². The summed E-state index contributed by atoms with van der Waals surface area (Å²) < 4.78 is 27.8. The lowest BCUT2D eigenvalue weighted by Crippen LogP contribution is -2.04. The maximum Gasteiger partial charge on any atom is 0.387 e. The molecule has 1 N–H and O–H groups in total. The van der Waals surface area contributed by atoms with Crippen LogP contribution in [-0.4, -0.2) is 12.8 Å². The lowest BCUT2D eigenvalue weighted by molar-refractivity contribution is -0.0499. The predicted molar refractivity (Wildman–Crippen MR) is 43.8 cm³/mol. The van der Waals surface area contributed by atoms with Gasteiger partial charge < -0.3 is 4.74 Å². The largest absolute Gasteiger partial charge is 0.434 e. The van der Waals surface area contributed by atoms with Crippen molar-refractivity contribution in [3.8, 4) is 5.75 Å². The number of benzene rings is 1. The Hall–Kier alpha value is -1.65. The van der Waals surface area contributed by atoms with Gasteiger partial charge in [0.25, 0.3) is 0 Å². The van der Waals surface area contributed by atoms with Gasteiger partial charge in [0.05, 0.1) is 6.21 Å². The minimum Gasteiger partial charge on any atom is -0.434 e. The van der Waals surface area contributed by atoms with Crippen LogP contribution in [0.1, 0.15) is 5.56 Å². The fraction of sp³-hybridized carbons (Fsp3) is 0.125. The fourth-order valence-electron chi connectivity index (χ4n) is 0.860. The van der Waals surface area contributed by atoms with Crippen molar-refractivity contribution >= 4 is 6.21 Å². The van der Waals surface area contributed by atoms with Crippen LogP contribution in [0.5, 0.6) is 5.75 Å². The van der Waals surface area contributed by atoms with Crippen molar-refractivity contribution in [1.29, 1.82) is 0 Å². The maximum atomic E-state index is 11.8. The molecule has 0 aliphatic carbocycles. The highest BCUT2D eigenvalue weighted by Crippen LogP contribution is 2.17. The normalized spacial score (nSPS) is 11.0. The first-order valence-electron chi connectivity index (χ1n) is 3.47. The predicted octanol–water partition coefficient (Wildman–Crippen LogP) is 1.90. The van der Waals surface area contributed by atoms with Crippen molar-refractivity contribution in [2.75, 3.05) is 0 Å². The molecule has 0 amide bonds. The lowest BCUT2D eigenvalue weighted by Gasteiger charge is -2.06. The zero-order chi connectivity index (χ0) is 9.68. The number of rotatable bonds is 3. The standard InChI is InChI=1S/C8H7F2N2O/c9-8(10)13-7-4-2-1-3-6(7)5-12-11/h1-5,8,11H. The molecule has 0 atom stereocenters. The maximum absolute atomic E-state index is 11.8. The second kappa shape index (κ2) is 4.39. The van der Waals surface area contributed by atoms with E-state index in [1.54, 1.807) is 12.1 Å². The highest BCUT2D eigenvalue weighted by Gasteiger charge is 2.06. The van der Waals surface area contributed by atoms with Gasteiger partial charge in [0.1, 0.15) is 5.75 Å². The molecule has 1 rings (SSSR count). The van der Waals surface area contributed by atoms with Gasteiger partial charge in [-0.1, -0.05) is 12.1 Å². The molecule has 13 heavy (non-hydrogen) atoms. The zero-order valence-electron chi connectivity index (χ0n) is 6.58. The molecule has 3 nitrogen and oxygen atoms in total. The van der Waals surface area contributed by atoms with Crippen LogP contribution in [0.25, 0.3) is 0 Å². The zero-order valence-corrected chi connectivity index (χ0v) is 6.58. The average molecular weight is 185 g/mol. The molecule has 0 aliphatic heterocycles. The van der Waals surface area contributed by atoms with Crippen LogP contribution in [-0.2, 0) is 0 Å². The van der Waals surface area contributed by atoms with E-state index in [4.69, 9.17) is 5.84 Å². The van der Waals surface area contributed by atoms with Crippen LogP contribution >= 0.6 is 0 Å². The molecule has 1 radical (unpaired) electrons. The first-order valence-corrected chi connectivity index (χ1v) is 3.47. The van der Waals surface area contributed by atoms with Gasteiger partial charge in [0.2, 0.25) is 0 Å². The second-order valence-corrected chi connectivity index (χ2v) is 2.17. The third-order valence-electron chi connectivity index (χ3n) is 1.34. The molecule has 0 fully saturated rings. The number of ether oxygens (including phenoxy) is 1. The van der Waals surface area contributed by atoms with Gasteiger partial charge >= 0.3 is 6.61 Å². The number of para-hydroxylation sites is 1. The Kier molecular flexibility index (Phi) is 3.19. The Morgan fingerprint density at radius 2 is 2.08 bits per heavy atom. The smallest absolute Gasteiger partial charge is 0.387 e. The highest BCUT2D eigenvalue weighted by atomic mass is 19.3. The number of nitrogens with zero attached hydrogens (tertiary/aromatic N) is 1. The third-order valence-corrected chi connectivity index (χ3v) is 1.34. The van der Waals surface area contributed by atoms with Gasteiger partial charge in [-0.3, -0.25) is 0 Å². The SMILES string of the molecule is [NH]N=Cc1ccccc1OC(F)F. The molecule has 0 saturated heterocycles. The van der Waals surface area contributed by atoms with Crippen molar-refractivity contribution in [3.63, 3.8) is 0 Å². The second-order valence-electron chi connectivity index (χ2n) is 2.17. The first-order chi connectivity index (χ1) is 6.24. The Labute approximate surface area is 73.8 Å². The Morgan fingerprint density at radius 1 is 1.38 bits per heavy atom. The van der Waals surface area contributed by atoms with Crippen LogP contribution in [0.2, 0.25) is 0 Å².